The van der Waals surface area contributed by atoms with Crippen molar-refractivity contribution in [1.29, 1.82) is 0 Å². The molecular formula is C26H22Br2N2O. The number of carbonyl (C=O) groups excluding carboxylic acids is 1. The number of rotatable bonds is 7. The first-order chi connectivity index (χ1) is 15.1. The summed E-state index contributed by atoms with van der Waals surface area (Å²) >= 11 is 6.97. The Hall–Kier alpha value is -2.63. The second kappa shape index (κ2) is 10.1. The van der Waals surface area contributed by atoms with Crippen LogP contribution in [0.15, 0.2) is 106 Å². The van der Waals surface area contributed by atoms with Gasteiger partial charge in [0.1, 0.15) is 0 Å². The van der Waals surface area contributed by atoms with Crippen molar-refractivity contribution in [2.75, 3.05) is 0 Å². The molecule has 0 aliphatic rings. The van der Waals surface area contributed by atoms with Gasteiger partial charge in [-0.25, -0.2) is 0 Å². The summed E-state index contributed by atoms with van der Waals surface area (Å²) < 4.78 is 4.17. The molecule has 1 heterocycles. The van der Waals surface area contributed by atoms with E-state index in [9.17, 15) is 4.79 Å². The van der Waals surface area contributed by atoms with E-state index in [-0.39, 0.29) is 5.91 Å². The highest BCUT2D eigenvalue weighted by atomic mass is 79.9. The molecule has 0 bridgehead atoms. The smallest absolute Gasteiger partial charge is 0.254 e. The maximum absolute atomic E-state index is 13.4. The first-order valence-corrected chi connectivity index (χ1v) is 11.6. The highest BCUT2D eigenvalue weighted by Gasteiger charge is 2.18. The Morgan fingerprint density at radius 1 is 0.742 bits per heavy atom. The number of nitrogens with zero attached hydrogens (tertiary/aromatic N) is 2. The SMILES string of the molecule is O=C(c1cccc(Br)c1)N(Cc1ccccc1)Cc1cccn1Cc1ccc(Br)cc1. The van der Waals surface area contributed by atoms with E-state index in [1.54, 1.807) is 0 Å². The predicted octanol–water partition coefficient (Wildman–Crippen LogP) is 6.90. The molecule has 156 valence electrons. The minimum Gasteiger partial charge on any atom is -0.345 e. The molecule has 0 N–H and O–H groups in total. The molecule has 3 aromatic carbocycles. The van der Waals surface area contributed by atoms with E-state index in [1.165, 1.54) is 5.56 Å². The molecule has 0 atom stereocenters. The van der Waals surface area contributed by atoms with E-state index in [1.807, 2.05) is 53.4 Å². The molecule has 0 unspecified atom stereocenters. The number of halogens is 2. The Balaban J connectivity index is 1.60. The van der Waals surface area contributed by atoms with Crippen molar-refractivity contribution in [3.05, 3.63) is 129 Å². The van der Waals surface area contributed by atoms with Gasteiger partial charge in [-0.1, -0.05) is 80.4 Å². The molecule has 0 saturated carbocycles. The molecule has 0 saturated heterocycles. The van der Waals surface area contributed by atoms with Gasteiger partial charge in [-0.15, -0.1) is 0 Å². The molecule has 4 rings (SSSR count). The van der Waals surface area contributed by atoms with Crippen LogP contribution < -0.4 is 0 Å². The predicted molar refractivity (Wildman–Crippen MR) is 132 cm³/mol. The molecule has 0 aliphatic carbocycles. The second-order valence-corrected chi connectivity index (χ2v) is 9.24. The molecule has 3 nitrogen and oxygen atoms in total. The van der Waals surface area contributed by atoms with E-state index >= 15 is 0 Å². The highest BCUT2D eigenvalue weighted by Crippen LogP contribution is 2.19. The number of amides is 1. The monoisotopic (exact) mass is 536 g/mol. The Bertz CT molecular complexity index is 1150. The van der Waals surface area contributed by atoms with Crippen LogP contribution in [-0.4, -0.2) is 15.4 Å². The topological polar surface area (TPSA) is 25.2 Å². The summed E-state index contributed by atoms with van der Waals surface area (Å²) in [6, 6.07) is 30.2. The van der Waals surface area contributed by atoms with Crippen molar-refractivity contribution in [2.24, 2.45) is 0 Å². The van der Waals surface area contributed by atoms with Crippen LogP contribution in [0.1, 0.15) is 27.2 Å². The Kier molecular flexibility index (Phi) is 7.05. The lowest BCUT2D eigenvalue weighted by Gasteiger charge is -2.24. The average molecular weight is 538 g/mol. The summed E-state index contributed by atoms with van der Waals surface area (Å²) in [5.41, 5.74) is 4.10. The lowest BCUT2D eigenvalue weighted by atomic mass is 10.1. The third-order valence-electron chi connectivity index (χ3n) is 5.12. The lowest BCUT2D eigenvalue weighted by Crippen LogP contribution is -2.31. The third kappa shape index (κ3) is 5.75. The van der Waals surface area contributed by atoms with Crippen molar-refractivity contribution in [2.45, 2.75) is 19.6 Å². The van der Waals surface area contributed by atoms with Crippen LogP contribution in [0.5, 0.6) is 0 Å². The Morgan fingerprint density at radius 3 is 2.26 bits per heavy atom. The summed E-state index contributed by atoms with van der Waals surface area (Å²) in [5.74, 6) is 0.0153. The molecular weight excluding hydrogens is 516 g/mol. The molecule has 1 amide bonds. The van der Waals surface area contributed by atoms with E-state index in [0.29, 0.717) is 18.7 Å². The van der Waals surface area contributed by atoms with Crippen molar-refractivity contribution in [3.8, 4) is 0 Å². The number of hydrogen-bond acceptors (Lipinski definition) is 1. The van der Waals surface area contributed by atoms with Crippen LogP contribution in [0.4, 0.5) is 0 Å². The van der Waals surface area contributed by atoms with Gasteiger partial charge >= 0.3 is 0 Å². The molecule has 0 radical (unpaired) electrons. The van der Waals surface area contributed by atoms with Gasteiger partial charge in [0.15, 0.2) is 0 Å². The van der Waals surface area contributed by atoms with Gasteiger partial charge < -0.3 is 9.47 Å². The van der Waals surface area contributed by atoms with Crippen LogP contribution in [0.25, 0.3) is 0 Å². The molecule has 5 heteroatoms. The summed E-state index contributed by atoms with van der Waals surface area (Å²) in [6.45, 7) is 1.85. The highest BCUT2D eigenvalue weighted by molar-refractivity contribution is 9.10. The fourth-order valence-corrected chi connectivity index (χ4v) is 4.20. The summed E-state index contributed by atoms with van der Waals surface area (Å²) in [5, 5.41) is 0. The summed E-state index contributed by atoms with van der Waals surface area (Å²) in [6.07, 6.45) is 2.07. The van der Waals surface area contributed by atoms with Crippen LogP contribution in [0, 0.1) is 0 Å². The zero-order valence-electron chi connectivity index (χ0n) is 16.9. The van der Waals surface area contributed by atoms with E-state index in [0.717, 1.165) is 26.7 Å². The van der Waals surface area contributed by atoms with Gasteiger partial charge in [0.05, 0.1) is 6.54 Å². The largest absolute Gasteiger partial charge is 0.345 e. The van der Waals surface area contributed by atoms with Crippen LogP contribution in [0.2, 0.25) is 0 Å². The number of hydrogen-bond donors (Lipinski definition) is 0. The maximum Gasteiger partial charge on any atom is 0.254 e. The van der Waals surface area contributed by atoms with Gasteiger partial charge in [-0.05, 0) is 53.6 Å². The fourth-order valence-electron chi connectivity index (χ4n) is 3.54. The standard InChI is InChI=1S/C26H22Br2N2O/c27-23-13-11-21(12-14-23)17-29-15-5-10-25(29)19-30(18-20-6-2-1-3-7-20)26(31)22-8-4-9-24(28)16-22/h1-16H,17-19H2. The van der Waals surface area contributed by atoms with Gasteiger partial charge in [0.2, 0.25) is 0 Å². The van der Waals surface area contributed by atoms with Gasteiger partial charge in [0, 0.05) is 39.5 Å². The average Bonchev–Trinajstić information content (AvgIpc) is 3.21. The zero-order chi connectivity index (χ0) is 21.6. The van der Waals surface area contributed by atoms with Crippen molar-refractivity contribution in [3.63, 3.8) is 0 Å². The molecule has 1 aromatic heterocycles. The molecule has 0 fully saturated rings. The van der Waals surface area contributed by atoms with Crippen LogP contribution in [0.3, 0.4) is 0 Å². The first-order valence-electron chi connectivity index (χ1n) is 10.1. The number of carbonyl (C=O) groups is 1. The molecule has 0 aliphatic heterocycles. The molecule has 31 heavy (non-hydrogen) atoms. The second-order valence-electron chi connectivity index (χ2n) is 7.41. The van der Waals surface area contributed by atoms with Crippen LogP contribution >= 0.6 is 31.9 Å². The minimum atomic E-state index is 0.0153. The van der Waals surface area contributed by atoms with Crippen molar-refractivity contribution < 1.29 is 4.79 Å². The summed E-state index contributed by atoms with van der Waals surface area (Å²) in [7, 11) is 0. The normalized spacial score (nSPS) is 10.8. The molecule has 0 spiro atoms. The lowest BCUT2D eigenvalue weighted by molar-refractivity contribution is 0.0726. The van der Waals surface area contributed by atoms with Crippen molar-refractivity contribution >= 4 is 37.8 Å². The van der Waals surface area contributed by atoms with E-state index in [4.69, 9.17) is 0 Å². The minimum absolute atomic E-state index is 0.0153. The van der Waals surface area contributed by atoms with E-state index in [2.05, 4.69) is 85.1 Å². The first kappa shape index (κ1) is 21.6. The van der Waals surface area contributed by atoms with Gasteiger partial charge in [-0.3, -0.25) is 4.79 Å². The number of aromatic nitrogens is 1. The third-order valence-corrected chi connectivity index (χ3v) is 6.14. The Morgan fingerprint density at radius 2 is 1.52 bits per heavy atom. The zero-order valence-corrected chi connectivity index (χ0v) is 20.1. The van der Waals surface area contributed by atoms with Crippen molar-refractivity contribution in [1.82, 2.24) is 9.47 Å². The number of benzene rings is 3. The fraction of sp³-hybridized carbons (Fsp3) is 0.115. The maximum atomic E-state index is 13.4. The van der Waals surface area contributed by atoms with E-state index < -0.39 is 0 Å². The quantitative estimate of drug-likeness (QED) is 0.251. The van der Waals surface area contributed by atoms with Crippen LogP contribution in [-0.2, 0) is 19.6 Å². The van der Waals surface area contributed by atoms with Gasteiger partial charge in [0.25, 0.3) is 5.91 Å². The summed E-state index contributed by atoms with van der Waals surface area (Å²) in [4.78, 5) is 15.3. The Labute approximate surface area is 199 Å². The van der Waals surface area contributed by atoms with Gasteiger partial charge in [-0.2, -0.15) is 0 Å². The molecule has 4 aromatic rings.